The molecule has 0 fully saturated rings. The Kier molecular flexibility index (Phi) is 5.87. The van der Waals surface area contributed by atoms with Gasteiger partial charge in [0.05, 0.1) is 10.7 Å². The molecule has 7 heteroatoms. The van der Waals surface area contributed by atoms with Crippen molar-refractivity contribution < 1.29 is 8.42 Å². The van der Waals surface area contributed by atoms with Crippen LogP contribution in [0.4, 0.5) is 5.69 Å². The van der Waals surface area contributed by atoms with Gasteiger partial charge in [-0.15, -0.1) is 0 Å². The fourth-order valence-electron chi connectivity index (χ4n) is 1.36. The average Bonchev–Trinajstić information content (AvgIpc) is 2.32. The van der Waals surface area contributed by atoms with E-state index in [-0.39, 0.29) is 0 Å². The predicted octanol–water partition coefficient (Wildman–Crippen LogP) is 1.54. The van der Waals surface area contributed by atoms with Crippen molar-refractivity contribution in [2.24, 2.45) is 0 Å². The molecular weight excluding hydrogens is 274 g/mol. The number of hydrogen-bond donors (Lipinski definition) is 2. The monoisotopic (exact) mass is 291 g/mol. The smallest absolute Gasteiger partial charge is 0.301 e. The Hall–Kier alpha value is -0.820. The molecule has 0 aromatic heterocycles. The first kappa shape index (κ1) is 15.2. The van der Waals surface area contributed by atoms with Crippen molar-refractivity contribution in [3.05, 3.63) is 29.3 Å². The first-order valence-electron chi connectivity index (χ1n) is 5.60. The number of halogens is 1. The molecule has 2 N–H and O–H groups in total. The fourth-order valence-corrected chi connectivity index (χ4v) is 2.58. The molecule has 0 saturated carbocycles. The highest BCUT2D eigenvalue weighted by Crippen LogP contribution is 2.22. The number of nitrogens with zero attached hydrogens (tertiary/aromatic N) is 1. The van der Waals surface area contributed by atoms with Crippen LogP contribution in [0.15, 0.2) is 24.3 Å². The molecule has 0 heterocycles. The van der Waals surface area contributed by atoms with Gasteiger partial charge in [-0.2, -0.15) is 12.7 Å². The van der Waals surface area contributed by atoms with Crippen molar-refractivity contribution in [2.75, 3.05) is 31.9 Å². The molecule has 0 spiro atoms. The molecule has 0 bridgehead atoms. The van der Waals surface area contributed by atoms with Crippen molar-refractivity contribution in [2.45, 2.75) is 6.42 Å². The summed E-state index contributed by atoms with van der Waals surface area (Å²) in [7, 11) is -0.179. The Morgan fingerprint density at radius 1 is 1.33 bits per heavy atom. The number of benzene rings is 1. The Labute approximate surface area is 113 Å². The van der Waals surface area contributed by atoms with E-state index in [0.717, 1.165) is 13.0 Å². The summed E-state index contributed by atoms with van der Waals surface area (Å²) >= 11 is 5.91. The van der Waals surface area contributed by atoms with Crippen LogP contribution in [-0.4, -0.2) is 39.9 Å². The second kappa shape index (κ2) is 6.94. The summed E-state index contributed by atoms with van der Waals surface area (Å²) < 4.78 is 27.7. The number of para-hydroxylation sites is 1. The Bertz CT molecular complexity index is 479. The van der Waals surface area contributed by atoms with Gasteiger partial charge in [-0.05, 0) is 32.1 Å². The van der Waals surface area contributed by atoms with Crippen LogP contribution in [0.1, 0.15) is 6.42 Å². The van der Waals surface area contributed by atoms with E-state index in [9.17, 15) is 8.42 Å². The molecular formula is C11H18ClN3O2S. The highest BCUT2D eigenvalue weighted by atomic mass is 35.5. The van der Waals surface area contributed by atoms with E-state index < -0.39 is 10.2 Å². The van der Waals surface area contributed by atoms with E-state index in [0.29, 0.717) is 17.3 Å². The maximum Gasteiger partial charge on any atom is 0.301 e. The minimum atomic E-state index is -3.55. The molecule has 1 rings (SSSR count). The summed E-state index contributed by atoms with van der Waals surface area (Å²) in [4.78, 5) is 0. The third-order valence-electron chi connectivity index (χ3n) is 2.42. The lowest BCUT2D eigenvalue weighted by Crippen LogP contribution is -2.34. The molecule has 18 heavy (non-hydrogen) atoms. The van der Waals surface area contributed by atoms with Gasteiger partial charge in [-0.25, -0.2) is 0 Å². The van der Waals surface area contributed by atoms with Crippen LogP contribution >= 0.6 is 11.6 Å². The summed E-state index contributed by atoms with van der Waals surface area (Å²) in [5.74, 6) is 0. The van der Waals surface area contributed by atoms with Crippen LogP contribution in [0.25, 0.3) is 0 Å². The van der Waals surface area contributed by atoms with Crippen LogP contribution in [0.3, 0.4) is 0 Å². The zero-order chi connectivity index (χ0) is 13.6. The van der Waals surface area contributed by atoms with Crippen molar-refractivity contribution in [3.63, 3.8) is 0 Å². The zero-order valence-corrected chi connectivity index (χ0v) is 12.1. The van der Waals surface area contributed by atoms with Crippen LogP contribution in [0.5, 0.6) is 0 Å². The van der Waals surface area contributed by atoms with E-state index in [1.165, 1.54) is 11.4 Å². The molecule has 0 radical (unpaired) electrons. The summed E-state index contributed by atoms with van der Waals surface area (Å²) in [6, 6.07) is 6.74. The van der Waals surface area contributed by atoms with E-state index in [1.807, 2.05) is 7.05 Å². The number of hydrogen-bond acceptors (Lipinski definition) is 3. The summed E-state index contributed by atoms with van der Waals surface area (Å²) in [6.45, 7) is 1.21. The third-order valence-corrected chi connectivity index (χ3v) is 4.23. The third kappa shape index (κ3) is 4.45. The second-order valence-electron chi connectivity index (χ2n) is 3.87. The highest BCUT2D eigenvalue weighted by Gasteiger charge is 2.17. The van der Waals surface area contributed by atoms with Crippen molar-refractivity contribution in [1.82, 2.24) is 9.62 Å². The van der Waals surface area contributed by atoms with Gasteiger partial charge in [-0.1, -0.05) is 23.7 Å². The lowest BCUT2D eigenvalue weighted by molar-refractivity contribution is 0.462. The largest absolute Gasteiger partial charge is 0.320 e. The summed E-state index contributed by atoms with van der Waals surface area (Å²) in [5.41, 5.74) is 0.389. The Balaban J connectivity index is 2.67. The highest BCUT2D eigenvalue weighted by molar-refractivity contribution is 7.90. The molecule has 0 unspecified atom stereocenters. The van der Waals surface area contributed by atoms with E-state index in [4.69, 9.17) is 11.6 Å². The molecule has 1 aromatic carbocycles. The minimum Gasteiger partial charge on any atom is -0.320 e. The molecule has 0 aliphatic heterocycles. The zero-order valence-electron chi connectivity index (χ0n) is 10.5. The maximum atomic E-state index is 12.0. The maximum absolute atomic E-state index is 12.0. The first-order valence-corrected chi connectivity index (χ1v) is 7.42. The molecule has 0 aliphatic rings. The van der Waals surface area contributed by atoms with Crippen LogP contribution < -0.4 is 10.0 Å². The molecule has 102 valence electrons. The Morgan fingerprint density at radius 2 is 2.00 bits per heavy atom. The minimum absolute atomic E-state index is 0.379. The Morgan fingerprint density at radius 3 is 2.61 bits per heavy atom. The molecule has 0 saturated heterocycles. The number of nitrogens with one attached hydrogen (secondary N) is 2. The molecule has 0 atom stereocenters. The molecule has 0 amide bonds. The van der Waals surface area contributed by atoms with Crippen molar-refractivity contribution in [1.29, 1.82) is 0 Å². The van der Waals surface area contributed by atoms with Gasteiger partial charge in [0.1, 0.15) is 0 Å². The van der Waals surface area contributed by atoms with E-state index in [2.05, 4.69) is 10.0 Å². The first-order chi connectivity index (χ1) is 8.47. The standard InChI is InChI=1S/C11H18ClN3O2S/c1-13-8-5-9-15(2)18(16,17)14-11-7-4-3-6-10(11)12/h3-4,6-7,13-14H,5,8-9H2,1-2H3. The molecule has 1 aromatic rings. The summed E-state index contributed by atoms with van der Waals surface area (Å²) in [6.07, 6.45) is 0.746. The lowest BCUT2D eigenvalue weighted by Gasteiger charge is -2.18. The molecule has 5 nitrogen and oxygen atoms in total. The number of rotatable bonds is 7. The quantitative estimate of drug-likeness (QED) is 0.749. The molecule has 0 aliphatic carbocycles. The van der Waals surface area contributed by atoms with E-state index >= 15 is 0 Å². The van der Waals surface area contributed by atoms with Gasteiger partial charge in [0.2, 0.25) is 0 Å². The predicted molar refractivity (Wildman–Crippen MR) is 75.2 cm³/mol. The van der Waals surface area contributed by atoms with Gasteiger partial charge >= 0.3 is 10.2 Å². The van der Waals surface area contributed by atoms with Crippen LogP contribution in [0, 0.1) is 0 Å². The van der Waals surface area contributed by atoms with Crippen LogP contribution in [0.2, 0.25) is 5.02 Å². The van der Waals surface area contributed by atoms with Gasteiger partial charge in [0, 0.05) is 13.6 Å². The van der Waals surface area contributed by atoms with E-state index in [1.54, 1.807) is 24.3 Å². The van der Waals surface area contributed by atoms with Crippen molar-refractivity contribution in [3.8, 4) is 0 Å². The van der Waals surface area contributed by atoms with Crippen molar-refractivity contribution >= 4 is 27.5 Å². The summed E-state index contributed by atoms with van der Waals surface area (Å²) in [5, 5.41) is 3.35. The lowest BCUT2D eigenvalue weighted by atomic mass is 10.3. The number of anilines is 1. The second-order valence-corrected chi connectivity index (χ2v) is 6.05. The normalized spacial score (nSPS) is 11.8. The average molecular weight is 292 g/mol. The van der Waals surface area contributed by atoms with Gasteiger partial charge in [0.25, 0.3) is 0 Å². The van der Waals surface area contributed by atoms with Gasteiger partial charge < -0.3 is 5.32 Å². The van der Waals surface area contributed by atoms with Gasteiger partial charge in [0.15, 0.2) is 0 Å². The fraction of sp³-hybridized carbons (Fsp3) is 0.455. The van der Waals surface area contributed by atoms with Crippen LogP contribution in [-0.2, 0) is 10.2 Å². The topological polar surface area (TPSA) is 61.4 Å². The SMILES string of the molecule is CNCCCN(C)S(=O)(=O)Nc1ccccc1Cl. The van der Waals surface area contributed by atoms with Gasteiger partial charge in [-0.3, -0.25) is 4.72 Å².